The summed E-state index contributed by atoms with van der Waals surface area (Å²) in [7, 11) is 0. The molecule has 2 aromatic heterocycles. The van der Waals surface area contributed by atoms with Gasteiger partial charge in [0.1, 0.15) is 12.6 Å². The van der Waals surface area contributed by atoms with Crippen molar-refractivity contribution in [2.75, 3.05) is 0 Å². The van der Waals surface area contributed by atoms with Gasteiger partial charge < -0.3 is 4.74 Å². The van der Waals surface area contributed by atoms with Gasteiger partial charge in [0, 0.05) is 17.6 Å². The molecule has 3 heterocycles. The lowest BCUT2D eigenvalue weighted by atomic mass is 10.1. The highest BCUT2D eigenvalue weighted by Gasteiger charge is 2.41. The zero-order valence-corrected chi connectivity index (χ0v) is 15.9. The molecule has 0 saturated carbocycles. The van der Waals surface area contributed by atoms with Crippen molar-refractivity contribution < 1.29 is 19.1 Å². The third-order valence-corrected chi connectivity index (χ3v) is 5.28. The van der Waals surface area contributed by atoms with E-state index in [0.29, 0.717) is 10.7 Å². The van der Waals surface area contributed by atoms with Gasteiger partial charge in [0.25, 0.3) is 17.4 Å². The predicted octanol–water partition coefficient (Wildman–Crippen LogP) is 1.79. The van der Waals surface area contributed by atoms with Gasteiger partial charge in [-0.15, -0.1) is 11.3 Å². The van der Waals surface area contributed by atoms with E-state index in [-0.39, 0.29) is 23.3 Å². The van der Waals surface area contributed by atoms with Gasteiger partial charge in [0.15, 0.2) is 4.96 Å². The van der Waals surface area contributed by atoms with Crippen molar-refractivity contribution in [3.63, 3.8) is 0 Å². The predicted molar refractivity (Wildman–Crippen MR) is 100 cm³/mol. The van der Waals surface area contributed by atoms with Crippen molar-refractivity contribution in [3.05, 3.63) is 68.6 Å². The summed E-state index contributed by atoms with van der Waals surface area (Å²) in [6.07, 6.45) is 1.61. The first-order valence-electron chi connectivity index (χ1n) is 8.48. The van der Waals surface area contributed by atoms with E-state index in [2.05, 4.69) is 4.98 Å². The van der Waals surface area contributed by atoms with Gasteiger partial charge in [-0.25, -0.2) is 9.78 Å². The Bertz CT molecular complexity index is 1200. The molecule has 1 unspecified atom stereocenters. The number of ether oxygens (including phenoxy) is 1. The van der Waals surface area contributed by atoms with E-state index in [4.69, 9.17) is 4.74 Å². The van der Waals surface area contributed by atoms with Crippen LogP contribution in [0.3, 0.4) is 0 Å². The SMILES string of the molecule is Cc1ccc2c(c1)C(=O)N(C(C)C(=O)OCc1cc(=O)n3ccsc3n1)C2=O. The van der Waals surface area contributed by atoms with E-state index in [9.17, 15) is 19.2 Å². The van der Waals surface area contributed by atoms with Crippen molar-refractivity contribution in [2.45, 2.75) is 26.5 Å². The third-order valence-electron chi connectivity index (χ3n) is 4.52. The van der Waals surface area contributed by atoms with Gasteiger partial charge in [0.2, 0.25) is 0 Å². The van der Waals surface area contributed by atoms with Crippen molar-refractivity contribution in [2.24, 2.45) is 0 Å². The smallest absolute Gasteiger partial charge is 0.329 e. The maximum Gasteiger partial charge on any atom is 0.329 e. The Labute approximate surface area is 163 Å². The fourth-order valence-electron chi connectivity index (χ4n) is 3.06. The molecule has 0 aliphatic carbocycles. The number of nitrogens with zero attached hydrogens (tertiary/aromatic N) is 3. The second kappa shape index (κ2) is 6.68. The average Bonchev–Trinajstić information content (AvgIpc) is 3.23. The van der Waals surface area contributed by atoms with Crippen LogP contribution < -0.4 is 5.56 Å². The molecule has 3 aromatic rings. The number of benzene rings is 1. The first-order valence-corrected chi connectivity index (χ1v) is 9.36. The molecule has 8 nitrogen and oxygen atoms in total. The van der Waals surface area contributed by atoms with Crippen molar-refractivity contribution in [1.29, 1.82) is 0 Å². The molecule has 2 amide bonds. The molecule has 0 bridgehead atoms. The van der Waals surface area contributed by atoms with Crippen molar-refractivity contribution in [1.82, 2.24) is 14.3 Å². The molecule has 28 heavy (non-hydrogen) atoms. The summed E-state index contributed by atoms with van der Waals surface area (Å²) in [4.78, 5) is 55.2. The molecular weight excluding hydrogens is 382 g/mol. The molecule has 0 fully saturated rings. The standard InChI is InChI=1S/C19H15N3O5S/c1-10-3-4-13-14(7-10)17(25)22(16(13)24)11(2)18(26)27-9-12-8-15(23)21-5-6-28-19(21)20-12/h3-8,11H,9H2,1-2H3. The maximum absolute atomic E-state index is 12.6. The number of imide groups is 1. The van der Waals surface area contributed by atoms with Gasteiger partial charge in [-0.2, -0.15) is 0 Å². The van der Waals surface area contributed by atoms with Crippen LogP contribution in [0.15, 0.2) is 40.6 Å². The van der Waals surface area contributed by atoms with Crippen LogP contribution in [0.4, 0.5) is 0 Å². The number of fused-ring (bicyclic) bond motifs is 2. The molecule has 0 spiro atoms. The van der Waals surface area contributed by atoms with Gasteiger partial charge in [-0.1, -0.05) is 11.6 Å². The summed E-state index contributed by atoms with van der Waals surface area (Å²) in [5, 5.41) is 1.73. The number of rotatable bonds is 4. The second-order valence-electron chi connectivity index (χ2n) is 6.45. The zero-order valence-electron chi connectivity index (χ0n) is 15.0. The summed E-state index contributed by atoms with van der Waals surface area (Å²) in [5.74, 6) is -1.80. The van der Waals surface area contributed by atoms with Crippen molar-refractivity contribution >= 4 is 34.1 Å². The summed E-state index contributed by atoms with van der Waals surface area (Å²) >= 11 is 1.29. The lowest BCUT2D eigenvalue weighted by Crippen LogP contribution is -2.43. The lowest BCUT2D eigenvalue weighted by Gasteiger charge is -2.20. The van der Waals surface area contributed by atoms with E-state index in [1.54, 1.807) is 29.8 Å². The lowest BCUT2D eigenvalue weighted by molar-refractivity contribution is -0.149. The molecule has 142 valence electrons. The van der Waals surface area contributed by atoms with Crippen LogP contribution in [0.1, 0.15) is 38.9 Å². The Morgan fingerprint density at radius 1 is 1.18 bits per heavy atom. The Balaban J connectivity index is 1.50. The number of carbonyl (C=O) groups is 3. The normalized spacial score (nSPS) is 14.4. The molecule has 1 atom stereocenters. The molecular formula is C19H15N3O5S. The summed E-state index contributed by atoms with van der Waals surface area (Å²) in [6, 6.07) is 5.13. The summed E-state index contributed by atoms with van der Waals surface area (Å²) in [5.41, 5.74) is 1.42. The first kappa shape index (κ1) is 18.1. The minimum atomic E-state index is -1.10. The molecule has 1 aliphatic heterocycles. The van der Waals surface area contributed by atoms with Gasteiger partial charge in [-0.05, 0) is 26.0 Å². The van der Waals surface area contributed by atoms with E-state index in [1.807, 2.05) is 6.92 Å². The number of hydrogen-bond donors (Lipinski definition) is 0. The highest BCUT2D eigenvalue weighted by Crippen LogP contribution is 2.26. The first-order chi connectivity index (χ1) is 13.4. The van der Waals surface area contributed by atoms with Gasteiger partial charge in [-0.3, -0.25) is 23.7 Å². The molecule has 0 saturated heterocycles. The fraction of sp³-hybridized carbons (Fsp3) is 0.211. The zero-order chi connectivity index (χ0) is 20.0. The molecule has 0 N–H and O–H groups in total. The van der Waals surface area contributed by atoms with Crippen LogP contribution in [0.25, 0.3) is 4.96 Å². The Hall–Kier alpha value is -3.33. The Morgan fingerprint density at radius 3 is 2.71 bits per heavy atom. The van der Waals surface area contributed by atoms with E-state index < -0.39 is 23.8 Å². The highest BCUT2D eigenvalue weighted by atomic mass is 32.1. The number of aryl methyl sites for hydroxylation is 1. The average molecular weight is 397 g/mol. The van der Waals surface area contributed by atoms with Gasteiger partial charge >= 0.3 is 5.97 Å². The summed E-state index contributed by atoms with van der Waals surface area (Å²) in [6.45, 7) is 3.02. The number of aromatic nitrogens is 2. The quantitative estimate of drug-likeness (QED) is 0.492. The van der Waals surface area contributed by atoms with Gasteiger partial charge in [0.05, 0.1) is 16.8 Å². The van der Waals surface area contributed by atoms with Crippen LogP contribution in [-0.4, -0.2) is 38.1 Å². The van der Waals surface area contributed by atoms with Crippen LogP contribution >= 0.6 is 11.3 Å². The number of thiazole rings is 1. The van der Waals surface area contributed by atoms with E-state index >= 15 is 0 Å². The van der Waals surface area contributed by atoms with Crippen LogP contribution in [-0.2, 0) is 16.1 Å². The van der Waals surface area contributed by atoms with Crippen LogP contribution in [0, 0.1) is 6.92 Å². The molecule has 0 radical (unpaired) electrons. The number of hydrogen-bond acceptors (Lipinski definition) is 7. The number of amides is 2. The number of carbonyl (C=O) groups excluding carboxylic acids is 3. The minimum absolute atomic E-state index is 0.227. The van der Waals surface area contributed by atoms with E-state index in [0.717, 1.165) is 10.5 Å². The highest BCUT2D eigenvalue weighted by molar-refractivity contribution is 7.15. The number of esters is 1. The molecule has 4 rings (SSSR count). The molecule has 9 heteroatoms. The van der Waals surface area contributed by atoms with Crippen LogP contribution in [0.5, 0.6) is 0 Å². The molecule has 1 aliphatic rings. The van der Waals surface area contributed by atoms with Crippen molar-refractivity contribution in [3.8, 4) is 0 Å². The monoisotopic (exact) mass is 397 g/mol. The summed E-state index contributed by atoms with van der Waals surface area (Å²) < 4.78 is 6.60. The topological polar surface area (TPSA) is 98.1 Å². The minimum Gasteiger partial charge on any atom is -0.458 e. The largest absolute Gasteiger partial charge is 0.458 e. The fourth-order valence-corrected chi connectivity index (χ4v) is 3.80. The second-order valence-corrected chi connectivity index (χ2v) is 7.33. The molecule has 1 aromatic carbocycles. The van der Waals surface area contributed by atoms with Crippen LogP contribution in [0.2, 0.25) is 0 Å². The Morgan fingerprint density at radius 2 is 1.93 bits per heavy atom. The third kappa shape index (κ3) is 2.89. The Kier molecular flexibility index (Phi) is 4.31. The maximum atomic E-state index is 12.6. The van der Waals surface area contributed by atoms with E-state index in [1.165, 1.54) is 28.7 Å².